The van der Waals surface area contributed by atoms with E-state index in [-0.39, 0.29) is 6.32 Å². The summed E-state index contributed by atoms with van der Waals surface area (Å²) < 4.78 is 36.1. The van der Waals surface area contributed by atoms with E-state index >= 15 is 0 Å². The molecule has 1 saturated heterocycles. The molecule has 2 aromatic carbocycles. The van der Waals surface area contributed by atoms with E-state index in [0.29, 0.717) is 17.8 Å². The molecule has 0 bridgehead atoms. The van der Waals surface area contributed by atoms with Crippen LogP contribution < -0.4 is 9.46 Å². The van der Waals surface area contributed by atoms with Crippen LogP contribution in [0, 0.1) is 0 Å². The van der Waals surface area contributed by atoms with E-state index in [0.717, 1.165) is 55.1 Å². The number of benzene rings is 2. The zero-order valence-electron chi connectivity index (χ0n) is 23.8. The van der Waals surface area contributed by atoms with Crippen molar-refractivity contribution in [1.82, 2.24) is 19.5 Å². The molecule has 0 spiro atoms. The second kappa shape index (κ2) is 13.5. The number of aryl methyl sites for hydroxylation is 1. The molecule has 1 aliphatic carbocycles. The lowest BCUT2D eigenvalue weighted by Crippen LogP contribution is -2.45. The van der Waals surface area contributed by atoms with Crippen molar-refractivity contribution < 1.29 is 19.4 Å². The number of ether oxygens (including phenoxy) is 1. The van der Waals surface area contributed by atoms with Crippen molar-refractivity contribution in [2.75, 3.05) is 38.0 Å². The van der Waals surface area contributed by atoms with Crippen molar-refractivity contribution in [2.45, 2.75) is 43.7 Å². The number of nitrogens with one attached hydrogen (secondary N) is 1. The molecule has 0 radical (unpaired) electrons. The summed E-state index contributed by atoms with van der Waals surface area (Å²) in [5.74, 6) is 0.809. The number of fused-ring (bicyclic) bond motifs is 1. The SMILES string of the molecule is C1CCC1.COc1cccnc1CN1CCN(OCc2ccc(NS(=O)(=O)c3cccc4ccn(C)c34)cc2)CC1.[HH]. The average molecular weight is 580 g/mol. The fraction of sp³-hybridized carbons (Fsp3) is 0.387. The van der Waals surface area contributed by atoms with Gasteiger partial charge in [0.1, 0.15) is 10.6 Å². The first-order chi connectivity index (χ1) is 19.9. The van der Waals surface area contributed by atoms with Crippen molar-refractivity contribution in [1.29, 1.82) is 0 Å². The van der Waals surface area contributed by atoms with Gasteiger partial charge in [-0.3, -0.25) is 19.4 Å². The fourth-order valence-corrected chi connectivity index (χ4v) is 6.12. The van der Waals surface area contributed by atoms with Crippen molar-refractivity contribution in [2.24, 2.45) is 7.05 Å². The number of anilines is 1. The third-order valence-electron chi connectivity index (χ3n) is 7.54. The molecule has 41 heavy (non-hydrogen) atoms. The molecule has 2 aromatic heterocycles. The number of piperazine rings is 1. The molecule has 0 atom stereocenters. The number of hydrogen-bond acceptors (Lipinski definition) is 7. The third-order valence-corrected chi connectivity index (χ3v) is 8.96. The Morgan fingerprint density at radius 2 is 1.66 bits per heavy atom. The third kappa shape index (κ3) is 7.45. The van der Waals surface area contributed by atoms with Gasteiger partial charge < -0.3 is 9.30 Å². The Labute approximate surface area is 244 Å². The molecule has 0 unspecified atom stereocenters. The zero-order chi connectivity index (χ0) is 28.7. The van der Waals surface area contributed by atoms with Crippen molar-refractivity contribution in [3.63, 3.8) is 0 Å². The highest BCUT2D eigenvalue weighted by Gasteiger charge is 2.21. The summed E-state index contributed by atoms with van der Waals surface area (Å²) in [6, 6.07) is 18.3. The van der Waals surface area contributed by atoms with Crippen LogP contribution in [0.1, 0.15) is 38.4 Å². The van der Waals surface area contributed by atoms with Gasteiger partial charge >= 0.3 is 0 Å². The lowest BCUT2D eigenvalue weighted by Gasteiger charge is -2.33. The van der Waals surface area contributed by atoms with Crippen molar-refractivity contribution in [3.05, 3.63) is 84.3 Å². The summed E-state index contributed by atoms with van der Waals surface area (Å²) in [6.07, 6.45) is 9.65. The van der Waals surface area contributed by atoms with E-state index in [1.54, 1.807) is 37.6 Å². The van der Waals surface area contributed by atoms with Gasteiger partial charge in [0.15, 0.2) is 0 Å². The van der Waals surface area contributed by atoms with E-state index in [1.807, 2.05) is 59.3 Å². The van der Waals surface area contributed by atoms with Gasteiger partial charge in [-0.2, -0.15) is 5.06 Å². The number of para-hydroxylation sites is 1. The summed E-state index contributed by atoms with van der Waals surface area (Å²) in [5.41, 5.74) is 3.09. The summed E-state index contributed by atoms with van der Waals surface area (Å²) in [4.78, 5) is 13.0. The maximum Gasteiger partial charge on any atom is 0.263 e. The van der Waals surface area contributed by atoms with E-state index < -0.39 is 10.0 Å². The van der Waals surface area contributed by atoms with Gasteiger partial charge in [-0.05, 0) is 42.0 Å². The molecule has 2 fully saturated rings. The van der Waals surface area contributed by atoms with Crippen LogP contribution in [0.4, 0.5) is 5.69 Å². The normalized spacial score (nSPS) is 16.0. The van der Waals surface area contributed by atoms with Crippen LogP contribution in [0.2, 0.25) is 0 Å². The van der Waals surface area contributed by atoms with Crippen LogP contribution >= 0.6 is 0 Å². The number of aromatic nitrogens is 2. The minimum absolute atomic E-state index is 0. The highest BCUT2D eigenvalue weighted by molar-refractivity contribution is 7.93. The lowest BCUT2D eigenvalue weighted by atomic mass is 10.0. The highest BCUT2D eigenvalue weighted by atomic mass is 32.2. The molecule has 1 N–H and O–H groups in total. The molecule has 220 valence electrons. The Morgan fingerprint density at radius 3 is 2.34 bits per heavy atom. The van der Waals surface area contributed by atoms with E-state index in [1.165, 1.54) is 25.7 Å². The maximum absolute atomic E-state index is 13.1. The van der Waals surface area contributed by atoms with Crippen LogP contribution in [-0.2, 0) is 35.1 Å². The number of hydrogen-bond donors (Lipinski definition) is 1. The molecule has 0 amide bonds. The van der Waals surface area contributed by atoms with Gasteiger partial charge in [-0.25, -0.2) is 8.42 Å². The Balaban J connectivity index is 0.000000747. The molecule has 10 heteroatoms. The predicted molar refractivity (Wildman–Crippen MR) is 163 cm³/mol. The quantitative estimate of drug-likeness (QED) is 0.283. The van der Waals surface area contributed by atoms with Crippen molar-refractivity contribution >= 4 is 26.6 Å². The molecule has 9 nitrogen and oxygen atoms in total. The topological polar surface area (TPSA) is 88.9 Å². The molecule has 4 aromatic rings. The zero-order valence-corrected chi connectivity index (χ0v) is 24.6. The monoisotopic (exact) mass is 579 g/mol. The Hall–Kier alpha value is -3.44. The lowest BCUT2D eigenvalue weighted by molar-refractivity contribution is -0.187. The molecule has 6 rings (SSSR count). The Morgan fingerprint density at radius 1 is 0.927 bits per heavy atom. The minimum Gasteiger partial charge on any atom is -0.495 e. The molecular formula is C31H41N5O4S. The first-order valence-electron chi connectivity index (χ1n) is 14.2. The minimum atomic E-state index is -3.73. The van der Waals surface area contributed by atoms with Crippen LogP contribution in [0.5, 0.6) is 5.75 Å². The number of rotatable bonds is 9. The van der Waals surface area contributed by atoms with Crippen LogP contribution in [0.25, 0.3) is 10.9 Å². The first kappa shape index (κ1) is 29.1. The first-order valence-corrected chi connectivity index (χ1v) is 15.7. The standard InChI is InChI=1S/C27H31N5O4S.C4H8.H2/c1-30-14-12-22-5-3-7-26(27(22)30)37(33,34)29-23-10-8-21(9-11-23)20-36-32-17-15-31(16-18-32)19-24-25(35-2)6-4-13-28-24;1-2-4-3-1;/h3-14,29H,15-20H2,1-2H3;1-4H2;1H. The largest absolute Gasteiger partial charge is 0.495 e. The number of methoxy groups -OCH3 is 1. The molecule has 1 aliphatic heterocycles. The summed E-state index contributed by atoms with van der Waals surface area (Å²) in [5, 5.41) is 2.86. The Bertz CT molecular complexity index is 1530. The number of pyridine rings is 1. The molecule has 1 saturated carbocycles. The summed E-state index contributed by atoms with van der Waals surface area (Å²) in [6.45, 7) is 4.48. The number of nitrogens with zero attached hydrogens (tertiary/aromatic N) is 4. The van der Waals surface area contributed by atoms with Gasteiger partial charge in [0, 0.05) is 64.7 Å². The van der Waals surface area contributed by atoms with Gasteiger partial charge in [0.25, 0.3) is 10.0 Å². The fourth-order valence-electron chi connectivity index (χ4n) is 4.79. The van der Waals surface area contributed by atoms with E-state index in [9.17, 15) is 8.42 Å². The van der Waals surface area contributed by atoms with Gasteiger partial charge in [0.05, 0.1) is 24.9 Å². The number of hydroxylamine groups is 2. The van der Waals surface area contributed by atoms with Gasteiger partial charge in [-0.1, -0.05) is 49.9 Å². The van der Waals surface area contributed by atoms with Crippen LogP contribution in [0.15, 0.2) is 78.0 Å². The summed E-state index contributed by atoms with van der Waals surface area (Å²) >= 11 is 0. The van der Waals surface area contributed by atoms with Crippen LogP contribution in [-0.4, -0.2) is 61.2 Å². The molecule has 2 aliphatic rings. The highest BCUT2D eigenvalue weighted by Crippen LogP contribution is 2.26. The second-order valence-corrected chi connectivity index (χ2v) is 12.1. The van der Waals surface area contributed by atoms with E-state index in [4.69, 9.17) is 9.57 Å². The van der Waals surface area contributed by atoms with Gasteiger partial charge in [-0.15, -0.1) is 0 Å². The Kier molecular flexibility index (Phi) is 9.56. The maximum atomic E-state index is 13.1. The molecule has 3 heterocycles. The second-order valence-electron chi connectivity index (χ2n) is 10.5. The average Bonchev–Trinajstić information content (AvgIpc) is 3.33. The van der Waals surface area contributed by atoms with E-state index in [2.05, 4.69) is 14.6 Å². The van der Waals surface area contributed by atoms with Gasteiger partial charge in [0.2, 0.25) is 0 Å². The van der Waals surface area contributed by atoms with Crippen molar-refractivity contribution in [3.8, 4) is 5.75 Å². The smallest absolute Gasteiger partial charge is 0.263 e. The number of sulfonamides is 1. The molecular weight excluding hydrogens is 538 g/mol. The predicted octanol–water partition coefficient (Wildman–Crippen LogP) is 5.44. The van der Waals surface area contributed by atoms with Crippen LogP contribution in [0.3, 0.4) is 0 Å². The summed E-state index contributed by atoms with van der Waals surface area (Å²) in [7, 11) is -0.228.